The summed E-state index contributed by atoms with van der Waals surface area (Å²) in [6.45, 7) is 9.51. The minimum Gasteiger partial charge on any atom is -0.379 e. The predicted molar refractivity (Wildman–Crippen MR) is 105 cm³/mol. The van der Waals surface area contributed by atoms with Crippen LogP contribution < -0.4 is 10.6 Å². The van der Waals surface area contributed by atoms with Crippen LogP contribution in [0.4, 0.5) is 5.82 Å². The molecule has 0 aromatic carbocycles. The van der Waals surface area contributed by atoms with E-state index in [4.69, 9.17) is 4.74 Å². The molecule has 1 fully saturated rings. The van der Waals surface area contributed by atoms with Gasteiger partial charge in [0.05, 0.1) is 25.1 Å². The molecule has 0 atom stereocenters. The van der Waals surface area contributed by atoms with Crippen LogP contribution in [0.15, 0.2) is 6.07 Å². The molecule has 142 valence electrons. The quantitative estimate of drug-likeness (QED) is 0.683. The highest BCUT2D eigenvalue weighted by atomic mass is 32.1. The Bertz CT molecular complexity index is 743. The Morgan fingerprint density at radius 3 is 2.92 bits per heavy atom. The van der Waals surface area contributed by atoms with Crippen molar-refractivity contribution in [3.05, 3.63) is 16.8 Å². The zero-order valence-electron chi connectivity index (χ0n) is 15.5. The van der Waals surface area contributed by atoms with Gasteiger partial charge in [-0.25, -0.2) is 9.97 Å². The molecule has 0 radical (unpaired) electrons. The number of hydrogen-bond donors (Lipinski definition) is 2. The number of fused-ring (bicyclic) bond motifs is 1. The summed E-state index contributed by atoms with van der Waals surface area (Å²) in [5.74, 6) is 1.45. The van der Waals surface area contributed by atoms with Crippen LogP contribution >= 0.6 is 11.3 Å². The van der Waals surface area contributed by atoms with Crippen LogP contribution in [-0.4, -0.2) is 66.7 Å². The average molecular weight is 378 g/mol. The number of nitrogens with one attached hydrogen (secondary N) is 2. The lowest BCUT2D eigenvalue weighted by atomic mass is 10.3. The van der Waals surface area contributed by atoms with Crippen LogP contribution in [0.2, 0.25) is 0 Å². The fourth-order valence-corrected chi connectivity index (χ4v) is 3.98. The van der Waals surface area contributed by atoms with Gasteiger partial charge in [0.2, 0.25) is 5.91 Å². The molecule has 2 aromatic heterocycles. The molecule has 1 saturated heterocycles. The van der Waals surface area contributed by atoms with Gasteiger partial charge in [-0.15, -0.1) is 11.3 Å². The Labute approximate surface area is 158 Å². The molecule has 8 heteroatoms. The van der Waals surface area contributed by atoms with Gasteiger partial charge in [-0.2, -0.15) is 0 Å². The molecule has 0 spiro atoms. The third kappa shape index (κ3) is 5.12. The molecule has 1 aliphatic rings. The van der Waals surface area contributed by atoms with Gasteiger partial charge in [-0.3, -0.25) is 9.69 Å². The van der Waals surface area contributed by atoms with Crippen molar-refractivity contribution in [2.75, 3.05) is 51.3 Å². The van der Waals surface area contributed by atoms with Gasteiger partial charge >= 0.3 is 0 Å². The van der Waals surface area contributed by atoms with Crippen molar-refractivity contribution in [2.45, 2.75) is 26.7 Å². The van der Waals surface area contributed by atoms with Gasteiger partial charge in [0.25, 0.3) is 0 Å². The van der Waals surface area contributed by atoms with Gasteiger partial charge in [0.15, 0.2) is 0 Å². The standard InChI is InChI=1S/C18H27N5O2S/c1-3-14-11-15-17(21-13(2)22-18(15)26-14)20-12-16(24)19-5-4-6-23-7-9-25-10-8-23/h11H,3-10,12H2,1-2H3,(H,19,24)(H,20,21,22). The van der Waals surface area contributed by atoms with Crippen molar-refractivity contribution in [1.82, 2.24) is 20.2 Å². The van der Waals surface area contributed by atoms with E-state index in [9.17, 15) is 4.79 Å². The molecular weight excluding hydrogens is 350 g/mol. The lowest BCUT2D eigenvalue weighted by Gasteiger charge is -2.26. The van der Waals surface area contributed by atoms with Crippen molar-refractivity contribution in [2.24, 2.45) is 0 Å². The number of anilines is 1. The maximum absolute atomic E-state index is 12.1. The highest BCUT2D eigenvalue weighted by molar-refractivity contribution is 7.18. The lowest BCUT2D eigenvalue weighted by molar-refractivity contribution is -0.119. The van der Waals surface area contributed by atoms with Crippen molar-refractivity contribution >= 4 is 33.3 Å². The topological polar surface area (TPSA) is 79.4 Å². The first-order chi connectivity index (χ1) is 12.7. The summed E-state index contributed by atoms with van der Waals surface area (Å²) in [4.78, 5) is 25.7. The number of hydrogen-bond acceptors (Lipinski definition) is 7. The number of ether oxygens (including phenoxy) is 1. The highest BCUT2D eigenvalue weighted by Crippen LogP contribution is 2.29. The third-order valence-corrected chi connectivity index (χ3v) is 5.57. The summed E-state index contributed by atoms with van der Waals surface area (Å²) in [6.07, 6.45) is 1.93. The number of aryl methyl sites for hydroxylation is 2. The normalized spacial score (nSPS) is 15.3. The van der Waals surface area contributed by atoms with Gasteiger partial charge in [-0.05, 0) is 32.4 Å². The van der Waals surface area contributed by atoms with Crippen LogP contribution in [0.3, 0.4) is 0 Å². The van der Waals surface area contributed by atoms with Crippen LogP contribution in [0.5, 0.6) is 0 Å². The number of morpholine rings is 1. The molecule has 7 nitrogen and oxygen atoms in total. The van der Waals surface area contributed by atoms with Crippen molar-refractivity contribution in [1.29, 1.82) is 0 Å². The van der Waals surface area contributed by atoms with Crippen molar-refractivity contribution in [3.63, 3.8) is 0 Å². The third-order valence-electron chi connectivity index (χ3n) is 4.40. The molecule has 0 bridgehead atoms. The SMILES string of the molecule is CCc1cc2c(NCC(=O)NCCCN3CCOCC3)nc(C)nc2s1. The predicted octanol–water partition coefficient (Wildman–Crippen LogP) is 1.81. The van der Waals surface area contributed by atoms with Gasteiger partial charge in [0, 0.05) is 24.5 Å². The van der Waals surface area contributed by atoms with E-state index in [1.165, 1.54) is 4.88 Å². The number of carbonyl (C=O) groups is 1. The van der Waals surface area contributed by atoms with Gasteiger partial charge in [-0.1, -0.05) is 6.92 Å². The van der Waals surface area contributed by atoms with Gasteiger partial charge in [0.1, 0.15) is 16.5 Å². The van der Waals surface area contributed by atoms with E-state index in [-0.39, 0.29) is 12.5 Å². The largest absolute Gasteiger partial charge is 0.379 e. The molecule has 1 aliphatic heterocycles. The smallest absolute Gasteiger partial charge is 0.239 e. The molecular formula is C18H27N5O2S. The first-order valence-corrected chi connectivity index (χ1v) is 10.0. The number of carbonyl (C=O) groups excluding carboxylic acids is 1. The lowest BCUT2D eigenvalue weighted by Crippen LogP contribution is -2.38. The zero-order valence-corrected chi connectivity index (χ0v) is 16.3. The Morgan fingerprint density at radius 2 is 2.15 bits per heavy atom. The van der Waals surface area contributed by atoms with E-state index in [0.717, 1.165) is 67.5 Å². The second-order valence-electron chi connectivity index (χ2n) is 6.42. The van der Waals surface area contributed by atoms with Crippen molar-refractivity contribution < 1.29 is 9.53 Å². The van der Waals surface area contributed by atoms with E-state index >= 15 is 0 Å². The fourth-order valence-electron chi connectivity index (χ4n) is 2.97. The second-order valence-corrected chi connectivity index (χ2v) is 7.53. The first-order valence-electron chi connectivity index (χ1n) is 9.23. The molecule has 0 unspecified atom stereocenters. The number of rotatable bonds is 8. The molecule has 1 amide bonds. The zero-order chi connectivity index (χ0) is 18.4. The number of aromatic nitrogens is 2. The summed E-state index contributed by atoms with van der Waals surface area (Å²) in [5, 5.41) is 7.14. The van der Waals surface area contributed by atoms with Crippen LogP contribution in [0, 0.1) is 6.92 Å². The van der Waals surface area contributed by atoms with E-state index in [1.54, 1.807) is 11.3 Å². The van der Waals surface area contributed by atoms with E-state index < -0.39 is 0 Å². The summed E-state index contributed by atoms with van der Waals surface area (Å²) >= 11 is 1.68. The Balaban J connectivity index is 1.45. The van der Waals surface area contributed by atoms with Crippen molar-refractivity contribution in [3.8, 4) is 0 Å². The maximum atomic E-state index is 12.1. The molecule has 2 N–H and O–H groups in total. The second kappa shape index (κ2) is 9.25. The molecule has 0 saturated carbocycles. The molecule has 3 heterocycles. The van der Waals surface area contributed by atoms with E-state index in [0.29, 0.717) is 6.54 Å². The molecule has 2 aromatic rings. The number of amides is 1. The monoisotopic (exact) mass is 377 g/mol. The fraction of sp³-hybridized carbons (Fsp3) is 0.611. The van der Waals surface area contributed by atoms with Crippen LogP contribution in [0.25, 0.3) is 10.2 Å². The maximum Gasteiger partial charge on any atom is 0.239 e. The first kappa shape index (κ1) is 19.0. The minimum atomic E-state index is -0.0117. The summed E-state index contributed by atoms with van der Waals surface area (Å²) in [5.41, 5.74) is 0. The summed E-state index contributed by atoms with van der Waals surface area (Å²) in [7, 11) is 0. The van der Waals surface area contributed by atoms with E-state index in [1.807, 2.05) is 6.92 Å². The van der Waals surface area contributed by atoms with Gasteiger partial charge < -0.3 is 15.4 Å². The van der Waals surface area contributed by atoms with Crippen LogP contribution in [-0.2, 0) is 16.0 Å². The molecule has 0 aliphatic carbocycles. The Morgan fingerprint density at radius 1 is 1.35 bits per heavy atom. The molecule has 26 heavy (non-hydrogen) atoms. The van der Waals surface area contributed by atoms with E-state index in [2.05, 4.69) is 38.5 Å². The number of nitrogens with zero attached hydrogens (tertiary/aromatic N) is 3. The summed E-state index contributed by atoms with van der Waals surface area (Å²) in [6, 6.07) is 2.11. The Hall–Kier alpha value is -1.77. The average Bonchev–Trinajstić information content (AvgIpc) is 3.07. The summed E-state index contributed by atoms with van der Waals surface area (Å²) < 4.78 is 5.34. The number of thiophene rings is 1. The minimum absolute atomic E-state index is 0.0117. The highest BCUT2D eigenvalue weighted by Gasteiger charge is 2.12. The molecule has 3 rings (SSSR count). The van der Waals surface area contributed by atoms with Crippen LogP contribution in [0.1, 0.15) is 24.0 Å². The Kier molecular flexibility index (Phi) is 6.76.